The molecule has 6 nitrogen and oxygen atoms in total. The summed E-state index contributed by atoms with van der Waals surface area (Å²) in [5, 5.41) is 4.93. The quantitative estimate of drug-likeness (QED) is 0.445. The number of hydrogen-bond donors (Lipinski definition) is 0. The fourth-order valence-corrected chi connectivity index (χ4v) is 3.01. The van der Waals surface area contributed by atoms with E-state index in [-0.39, 0.29) is 17.5 Å². The minimum Gasteiger partial charge on any atom is -0.451 e. The number of halogens is 1. The first-order valence-electron chi connectivity index (χ1n) is 9.58. The summed E-state index contributed by atoms with van der Waals surface area (Å²) in [5.74, 6) is -1.36. The van der Waals surface area contributed by atoms with E-state index in [1.807, 2.05) is 27.7 Å². The normalized spacial score (nSPS) is 12.6. The van der Waals surface area contributed by atoms with Crippen LogP contribution in [0.25, 0.3) is 11.0 Å². The number of rotatable bonds is 6. The highest BCUT2D eigenvalue weighted by atomic mass is 19.1. The van der Waals surface area contributed by atoms with Gasteiger partial charge in [-0.2, -0.15) is 5.10 Å². The van der Waals surface area contributed by atoms with Crippen molar-refractivity contribution in [2.24, 2.45) is 0 Å². The van der Waals surface area contributed by atoms with Gasteiger partial charge in [-0.05, 0) is 57.0 Å². The van der Waals surface area contributed by atoms with E-state index in [2.05, 4.69) is 10.1 Å². The third-order valence-corrected chi connectivity index (χ3v) is 4.67. The molecule has 0 amide bonds. The van der Waals surface area contributed by atoms with Crippen LogP contribution < -0.4 is 0 Å². The van der Waals surface area contributed by atoms with Crippen molar-refractivity contribution < 1.29 is 18.7 Å². The molecule has 2 aromatic heterocycles. The number of hydrogen-bond acceptors (Lipinski definition) is 5. The zero-order valence-electron chi connectivity index (χ0n) is 17.1. The molecule has 1 aromatic carbocycles. The van der Waals surface area contributed by atoms with Crippen LogP contribution in [-0.4, -0.2) is 32.6 Å². The van der Waals surface area contributed by atoms with Crippen LogP contribution in [0.15, 0.2) is 36.5 Å². The van der Waals surface area contributed by atoms with E-state index < -0.39 is 23.7 Å². The lowest BCUT2D eigenvalue weighted by molar-refractivity contribution is 0.0320. The molecule has 0 N–H and O–H groups in total. The molecule has 7 heteroatoms. The molecule has 152 valence electrons. The van der Waals surface area contributed by atoms with Crippen LogP contribution in [0.1, 0.15) is 73.0 Å². The summed E-state index contributed by atoms with van der Waals surface area (Å²) in [7, 11) is 0. The molecule has 3 aromatic rings. The Morgan fingerprint density at radius 2 is 1.72 bits per heavy atom. The second-order valence-electron chi connectivity index (χ2n) is 7.59. The molecule has 0 saturated carbocycles. The molecule has 3 rings (SSSR count). The van der Waals surface area contributed by atoms with Crippen LogP contribution in [0.2, 0.25) is 0 Å². The zero-order valence-corrected chi connectivity index (χ0v) is 17.1. The number of Topliss-reactive ketones (excluding diaryl/α,β-unsaturated/α-hetero) is 1. The maximum Gasteiger partial charge on any atom is 0.339 e. The van der Waals surface area contributed by atoms with Gasteiger partial charge in [0, 0.05) is 17.3 Å². The Kier molecular flexibility index (Phi) is 5.77. The molecule has 0 aliphatic heterocycles. The number of nitrogens with zero attached hydrogens (tertiary/aromatic N) is 3. The summed E-state index contributed by atoms with van der Waals surface area (Å²) >= 11 is 0. The van der Waals surface area contributed by atoms with E-state index in [0.717, 1.165) is 5.69 Å². The first kappa shape index (κ1) is 20.6. The molecule has 0 fully saturated rings. The molecule has 0 saturated heterocycles. The van der Waals surface area contributed by atoms with Crippen molar-refractivity contribution in [3.8, 4) is 0 Å². The number of fused-ring (bicyclic) bond motifs is 1. The first-order valence-corrected chi connectivity index (χ1v) is 9.58. The van der Waals surface area contributed by atoms with Crippen molar-refractivity contribution in [1.29, 1.82) is 0 Å². The van der Waals surface area contributed by atoms with Gasteiger partial charge in [0.2, 0.25) is 5.78 Å². The van der Waals surface area contributed by atoms with Crippen LogP contribution in [0.4, 0.5) is 4.39 Å². The molecule has 0 aliphatic rings. The van der Waals surface area contributed by atoms with Gasteiger partial charge in [0.15, 0.2) is 11.8 Å². The fraction of sp³-hybridized carbons (Fsp3) is 0.364. The molecular formula is C22H24FN3O3. The lowest BCUT2D eigenvalue weighted by atomic mass is 10.0. The van der Waals surface area contributed by atoms with Crippen molar-refractivity contribution in [3.05, 3.63) is 59.2 Å². The summed E-state index contributed by atoms with van der Waals surface area (Å²) in [5.41, 5.74) is 1.95. The Balaban J connectivity index is 1.93. The van der Waals surface area contributed by atoms with Gasteiger partial charge in [0.1, 0.15) is 5.82 Å². The molecule has 29 heavy (non-hydrogen) atoms. The summed E-state index contributed by atoms with van der Waals surface area (Å²) in [6, 6.07) is 6.90. The highest BCUT2D eigenvalue weighted by molar-refractivity contribution is 6.05. The van der Waals surface area contributed by atoms with Crippen LogP contribution in [-0.2, 0) is 4.74 Å². The molecule has 2 heterocycles. The lowest BCUT2D eigenvalue weighted by Crippen LogP contribution is -2.24. The molecule has 0 bridgehead atoms. The number of ether oxygens (including phenoxy) is 1. The second kappa shape index (κ2) is 8.11. The van der Waals surface area contributed by atoms with E-state index in [1.165, 1.54) is 31.2 Å². The molecule has 1 atom stereocenters. The molecule has 0 unspecified atom stereocenters. The van der Waals surface area contributed by atoms with Crippen LogP contribution in [0.3, 0.4) is 0 Å². The third kappa shape index (κ3) is 4.18. The van der Waals surface area contributed by atoms with Crippen LogP contribution in [0, 0.1) is 5.82 Å². The number of esters is 1. The largest absolute Gasteiger partial charge is 0.451 e. The van der Waals surface area contributed by atoms with Gasteiger partial charge in [0.25, 0.3) is 0 Å². The predicted octanol–water partition coefficient (Wildman–Crippen LogP) is 4.70. The van der Waals surface area contributed by atoms with E-state index in [1.54, 1.807) is 16.9 Å². The first-order chi connectivity index (χ1) is 13.7. The summed E-state index contributed by atoms with van der Waals surface area (Å²) in [6.45, 7) is 9.44. The van der Waals surface area contributed by atoms with E-state index in [4.69, 9.17) is 4.74 Å². The molecule has 0 spiro atoms. The molecule has 0 radical (unpaired) electrons. The van der Waals surface area contributed by atoms with Crippen molar-refractivity contribution >= 4 is 22.8 Å². The predicted molar refractivity (Wildman–Crippen MR) is 108 cm³/mol. The summed E-state index contributed by atoms with van der Waals surface area (Å²) in [4.78, 5) is 30.1. The third-order valence-electron chi connectivity index (χ3n) is 4.67. The smallest absolute Gasteiger partial charge is 0.339 e. The standard InChI is InChI=1S/C22H24FN3O3/c1-12(2)19-10-17(18-11-24-26(13(3)4)21(18)25-19)22(28)29-14(5)20(27)15-6-8-16(23)9-7-15/h6-14H,1-5H3/t14-/m0/s1. The maximum atomic E-state index is 13.1. The monoisotopic (exact) mass is 397 g/mol. The Labute approximate surface area is 168 Å². The van der Waals surface area contributed by atoms with Gasteiger partial charge in [-0.3, -0.25) is 4.79 Å². The van der Waals surface area contributed by atoms with Gasteiger partial charge in [-0.1, -0.05) is 13.8 Å². The Bertz CT molecular complexity index is 1060. The van der Waals surface area contributed by atoms with Gasteiger partial charge < -0.3 is 4.74 Å². The van der Waals surface area contributed by atoms with Crippen LogP contribution in [0.5, 0.6) is 0 Å². The number of aromatic nitrogens is 3. The Morgan fingerprint density at radius 1 is 1.07 bits per heavy atom. The number of carbonyl (C=O) groups excluding carboxylic acids is 2. The van der Waals surface area contributed by atoms with Gasteiger partial charge in [-0.25, -0.2) is 18.9 Å². The van der Waals surface area contributed by atoms with Gasteiger partial charge in [0.05, 0.1) is 17.1 Å². The van der Waals surface area contributed by atoms with E-state index in [0.29, 0.717) is 16.6 Å². The van der Waals surface area contributed by atoms with Crippen molar-refractivity contribution in [2.75, 3.05) is 0 Å². The molecule has 0 aliphatic carbocycles. The second-order valence-corrected chi connectivity index (χ2v) is 7.59. The van der Waals surface area contributed by atoms with Crippen LogP contribution >= 0.6 is 0 Å². The van der Waals surface area contributed by atoms with E-state index in [9.17, 15) is 14.0 Å². The fourth-order valence-electron chi connectivity index (χ4n) is 3.01. The minimum absolute atomic E-state index is 0.0743. The molecular weight excluding hydrogens is 373 g/mol. The lowest BCUT2D eigenvalue weighted by Gasteiger charge is -2.15. The summed E-state index contributed by atoms with van der Waals surface area (Å²) < 4.78 is 20.3. The van der Waals surface area contributed by atoms with Crippen molar-refractivity contribution in [1.82, 2.24) is 14.8 Å². The zero-order chi connectivity index (χ0) is 21.3. The van der Waals surface area contributed by atoms with Crippen molar-refractivity contribution in [3.63, 3.8) is 0 Å². The van der Waals surface area contributed by atoms with E-state index >= 15 is 0 Å². The van der Waals surface area contributed by atoms with Gasteiger partial charge >= 0.3 is 5.97 Å². The highest BCUT2D eigenvalue weighted by Crippen LogP contribution is 2.25. The Morgan fingerprint density at radius 3 is 2.31 bits per heavy atom. The minimum atomic E-state index is -1.01. The number of carbonyl (C=O) groups is 2. The maximum absolute atomic E-state index is 13.1. The van der Waals surface area contributed by atoms with Crippen molar-refractivity contribution in [2.45, 2.75) is 52.7 Å². The topological polar surface area (TPSA) is 74.1 Å². The average Bonchev–Trinajstić information content (AvgIpc) is 3.11. The number of pyridine rings is 1. The Hall–Kier alpha value is -3.09. The number of ketones is 1. The summed E-state index contributed by atoms with van der Waals surface area (Å²) in [6.07, 6.45) is 0.578. The highest BCUT2D eigenvalue weighted by Gasteiger charge is 2.24. The SMILES string of the molecule is CC(C)c1cc(C(=O)O[C@@H](C)C(=O)c2ccc(F)cc2)c2cnn(C(C)C)c2n1. The average molecular weight is 397 g/mol. The van der Waals surface area contributed by atoms with Gasteiger partial charge in [-0.15, -0.1) is 0 Å². The number of benzene rings is 1.